The van der Waals surface area contributed by atoms with Gasteiger partial charge in [0, 0.05) is 13.1 Å². The monoisotopic (exact) mass is 299 g/mol. The van der Waals surface area contributed by atoms with Gasteiger partial charge in [0.15, 0.2) is 0 Å². The molecule has 5 N–H and O–H groups in total. The summed E-state index contributed by atoms with van der Waals surface area (Å²) in [4.78, 5) is 2.09. The van der Waals surface area contributed by atoms with Crippen molar-refractivity contribution in [3.63, 3.8) is 0 Å². The van der Waals surface area contributed by atoms with E-state index in [0.29, 0.717) is 18.7 Å². The quantitative estimate of drug-likeness (QED) is 0.695. The Bertz CT molecular complexity index is 599. The standard InChI is InChI=1S/C13H21N3O3S/c1-13(17)5-2-7-16(8-6-13)12-4-3-10(9-11(12)14)20(15,18)19/h3-4,9,17H,2,5-8,14H2,1H3,(H2,15,18,19). The van der Waals surface area contributed by atoms with Gasteiger partial charge in [-0.1, -0.05) is 0 Å². The highest BCUT2D eigenvalue weighted by atomic mass is 32.2. The molecule has 1 saturated heterocycles. The molecule has 1 aliphatic heterocycles. The van der Waals surface area contributed by atoms with Crippen molar-refractivity contribution in [1.82, 2.24) is 0 Å². The van der Waals surface area contributed by atoms with E-state index in [1.54, 1.807) is 6.07 Å². The summed E-state index contributed by atoms with van der Waals surface area (Å²) in [5, 5.41) is 15.2. The van der Waals surface area contributed by atoms with E-state index in [4.69, 9.17) is 10.9 Å². The van der Waals surface area contributed by atoms with Gasteiger partial charge in [-0.15, -0.1) is 0 Å². The Labute approximate surface area is 119 Å². The van der Waals surface area contributed by atoms with Crippen LogP contribution in [0.5, 0.6) is 0 Å². The molecule has 0 saturated carbocycles. The van der Waals surface area contributed by atoms with Gasteiger partial charge in [-0.3, -0.25) is 0 Å². The Kier molecular flexibility index (Phi) is 3.95. The summed E-state index contributed by atoms with van der Waals surface area (Å²) in [6.45, 7) is 3.31. The van der Waals surface area contributed by atoms with Crippen LogP contribution < -0.4 is 15.8 Å². The Morgan fingerprint density at radius 2 is 2.00 bits per heavy atom. The molecule has 0 aromatic heterocycles. The van der Waals surface area contributed by atoms with E-state index in [1.807, 2.05) is 6.92 Å². The fourth-order valence-electron chi connectivity index (χ4n) is 2.50. The predicted octanol–water partition coefficient (Wildman–Crippen LogP) is 0.657. The zero-order chi connectivity index (χ0) is 15.0. The lowest BCUT2D eigenvalue weighted by Crippen LogP contribution is -2.28. The van der Waals surface area contributed by atoms with E-state index in [0.717, 1.165) is 25.1 Å². The molecule has 0 aliphatic carbocycles. The second-order valence-corrected chi connectivity index (χ2v) is 7.16. The van der Waals surface area contributed by atoms with Gasteiger partial charge in [-0.2, -0.15) is 0 Å². The summed E-state index contributed by atoms with van der Waals surface area (Å²) in [5.74, 6) is 0. The van der Waals surface area contributed by atoms with Crippen LogP contribution in [0.25, 0.3) is 0 Å². The molecule has 6 nitrogen and oxygen atoms in total. The second kappa shape index (κ2) is 5.23. The van der Waals surface area contributed by atoms with Crippen molar-refractivity contribution in [3.05, 3.63) is 18.2 Å². The zero-order valence-corrected chi connectivity index (χ0v) is 12.4. The molecule has 0 radical (unpaired) electrons. The van der Waals surface area contributed by atoms with Gasteiger partial charge in [-0.05, 0) is 44.4 Å². The minimum atomic E-state index is -3.74. The maximum atomic E-state index is 11.3. The Morgan fingerprint density at radius 3 is 2.60 bits per heavy atom. The molecule has 20 heavy (non-hydrogen) atoms. The van der Waals surface area contributed by atoms with Crippen molar-refractivity contribution in [1.29, 1.82) is 0 Å². The van der Waals surface area contributed by atoms with Crippen LogP contribution in [0, 0.1) is 0 Å². The van der Waals surface area contributed by atoms with Crippen LogP contribution in [0.4, 0.5) is 11.4 Å². The molecule has 0 amide bonds. The fourth-order valence-corrected chi connectivity index (χ4v) is 3.05. The van der Waals surface area contributed by atoms with Crippen LogP contribution in [-0.2, 0) is 10.0 Å². The molecule has 1 fully saturated rings. The summed E-state index contributed by atoms with van der Waals surface area (Å²) in [7, 11) is -3.74. The number of anilines is 2. The first-order valence-corrected chi connectivity index (χ1v) is 8.13. The molecule has 1 aliphatic rings. The largest absolute Gasteiger partial charge is 0.397 e. The first-order valence-electron chi connectivity index (χ1n) is 6.59. The predicted molar refractivity (Wildman–Crippen MR) is 78.9 cm³/mol. The summed E-state index contributed by atoms with van der Waals surface area (Å²) in [5.41, 5.74) is 6.47. The fraction of sp³-hybridized carbons (Fsp3) is 0.538. The van der Waals surface area contributed by atoms with Crippen molar-refractivity contribution in [2.75, 3.05) is 23.7 Å². The lowest BCUT2D eigenvalue weighted by molar-refractivity contribution is 0.0481. The smallest absolute Gasteiger partial charge is 0.238 e. The number of hydrogen-bond donors (Lipinski definition) is 3. The van der Waals surface area contributed by atoms with E-state index in [-0.39, 0.29) is 4.90 Å². The minimum absolute atomic E-state index is 0.0144. The van der Waals surface area contributed by atoms with Gasteiger partial charge >= 0.3 is 0 Å². The van der Waals surface area contributed by atoms with Crippen LogP contribution in [-0.4, -0.2) is 32.2 Å². The van der Waals surface area contributed by atoms with Gasteiger partial charge in [0.1, 0.15) is 0 Å². The van der Waals surface area contributed by atoms with Crippen LogP contribution in [0.2, 0.25) is 0 Å². The van der Waals surface area contributed by atoms with Gasteiger partial charge in [-0.25, -0.2) is 13.6 Å². The van der Waals surface area contributed by atoms with E-state index in [2.05, 4.69) is 4.90 Å². The van der Waals surface area contributed by atoms with Gasteiger partial charge in [0.05, 0.1) is 21.9 Å². The lowest BCUT2D eigenvalue weighted by atomic mass is 9.98. The highest BCUT2D eigenvalue weighted by molar-refractivity contribution is 7.89. The van der Waals surface area contributed by atoms with Crippen molar-refractivity contribution < 1.29 is 13.5 Å². The van der Waals surface area contributed by atoms with Crippen LogP contribution in [0.3, 0.4) is 0 Å². The first-order chi connectivity index (χ1) is 9.19. The molecule has 1 aromatic rings. The van der Waals surface area contributed by atoms with E-state index in [9.17, 15) is 13.5 Å². The summed E-state index contributed by atoms with van der Waals surface area (Å²) in [6, 6.07) is 4.52. The van der Waals surface area contributed by atoms with Crippen molar-refractivity contribution in [2.24, 2.45) is 5.14 Å². The number of primary sulfonamides is 1. The van der Waals surface area contributed by atoms with Crippen LogP contribution in [0.15, 0.2) is 23.1 Å². The lowest BCUT2D eigenvalue weighted by Gasteiger charge is -2.25. The first kappa shape index (κ1) is 15.1. The van der Waals surface area contributed by atoms with Crippen molar-refractivity contribution in [2.45, 2.75) is 36.7 Å². The average molecular weight is 299 g/mol. The van der Waals surface area contributed by atoms with Crippen LogP contribution in [0.1, 0.15) is 26.2 Å². The number of rotatable bonds is 2. The maximum absolute atomic E-state index is 11.3. The molecule has 0 spiro atoms. The molecule has 2 rings (SSSR count). The van der Waals surface area contributed by atoms with Crippen molar-refractivity contribution >= 4 is 21.4 Å². The molecule has 7 heteroatoms. The normalized spacial score (nSPS) is 24.4. The van der Waals surface area contributed by atoms with Crippen molar-refractivity contribution in [3.8, 4) is 0 Å². The molecule has 0 bridgehead atoms. The van der Waals surface area contributed by atoms with Crippen LogP contribution >= 0.6 is 0 Å². The zero-order valence-electron chi connectivity index (χ0n) is 11.5. The summed E-state index contributed by atoms with van der Waals surface area (Å²) < 4.78 is 22.6. The molecule has 1 aromatic carbocycles. The number of nitrogen functional groups attached to an aromatic ring is 1. The molecule has 1 atom stereocenters. The Morgan fingerprint density at radius 1 is 1.30 bits per heavy atom. The molecule has 112 valence electrons. The average Bonchev–Trinajstić information content (AvgIpc) is 2.49. The van der Waals surface area contributed by atoms with Gasteiger partial charge in [0.25, 0.3) is 0 Å². The maximum Gasteiger partial charge on any atom is 0.238 e. The van der Waals surface area contributed by atoms with E-state index < -0.39 is 15.6 Å². The molecular weight excluding hydrogens is 278 g/mol. The third kappa shape index (κ3) is 3.41. The summed E-state index contributed by atoms with van der Waals surface area (Å²) >= 11 is 0. The SMILES string of the molecule is CC1(O)CCCN(c2ccc(S(N)(=O)=O)cc2N)CC1. The Hall–Kier alpha value is -1.31. The molecule has 1 unspecified atom stereocenters. The highest BCUT2D eigenvalue weighted by Gasteiger charge is 2.25. The second-order valence-electron chi connectivity index (χ2n) is 5.60. The number of nitrogens with zero attached hydrogens (tertiary/aromatic N) is 1. The third-order valence-electron chi connectivity index (χ3n) is 3.73. The Balaban J connectivity index is 2.25. The third-order valence-corrected chi connectivity index (χ3v) is 4.64. The van der Waals surface area contributed by atoms with E-state index >= 15 is 0 Å². The highest BCUT2D eigenvalue weighted by Crippen LogP contribution is 2.30. The summed E-state index contributed by atoms with van der Waals surface area (Å²) in [6.07, 6.45) is 2.27. The number of hydrogen-bond acceptors (Lipinski definition) is 5. The molecule has 1 heterocycles. The number of benzene rings is 1. The number of nitrogens with two attached hydrogens (primary N) is 2. The minimum Gasteiger partial charge on any atom is -0.397 e. The van der Waals surface area contributed by atoms with Gasteiger partial charge < -0.3 is 15.7 Å². The topological polar surface area (TPSA) is 110 Å². The number of sulfonamides is 1. The number of aliphatic hydroxyl groups is 1. The van der Waals surface area contributed by atoms with E-state index in [1.165, 1.54) is 12.1 Å². The molecular formula is C13H21N3O3S. The van der Waals surface area contributed by atoms with Gasteiger partial charge in [0.2, 0.25) is 10.0 Å².